The lowest BCUT2D eigenvalue weighted by Gasteiger charge is -2.17. The van der Waals surface area contributed by atoms with Gasteiger partial charge in [-0.3, -0.25) is 0 Å². The lowest BCUT2D eigenvalue weighted by atomic mass is 10.1. The average molecular weight is 526 g/mol. The number of alkyl halides is 7. The minimum absolute atomic E-state index is 0.0636. The van der Waals surface area contributed by atoms with Crippen LogP contribution >= 0.6 is 11.6 Å². The molecule has 1 heterocycles. The first-order chi connectivity index (χ1) is 16.3. The second-order valence-electron chi connectivity index (χ2n) is 6.62. The molecule has 2 N–H and O–H groups in total. The molecule has 1 aromatic heterocycles. The van der Waals surface area contributed by atoms with Gasteiger partial charge >= 0.3 is 18.7 Å². The van der Waals surface area contributed by atoms with Crippen LogP contribution in [-0.4, -0.2) is 28.7 Å². The van der Waals surface area contributed by atoms with E-state index in [9.17, 15) is 35.1 Å². The van der Waals surface area contributed by atoms with E-state index in [1.807, 2.05) is 0 Å². The van der Waals surface area contributed by atoms with Crippen molar-refractivity contribution in [2.24, 2.45) is 5.10 Å². The van der Waals surface area contributed by atoms with Crippen LogP contribution in [-0.2, 0) is 6.18 Å². The van der Waals surface area contributed by atoms with Crippen LogP contribution in [0.3, 0.4) is 0 Å². The normalized spacial score (nSPS) is 12.3. The predicted octanol–water partition coefficient (Wildman–Crippen LogP) is 6.71. The second kappa shape index (κ2) is 10.3. The van der Waals surface area contributed by atoms with Crippen molar-refractivity contribution in [1.82, 2.24) is 9.97 Å². The zero-order valence-electron chi connectivity index (χ0n) is 16.9. The highest BCUT2D eigenvalue weighted by atomic mass is 35.5. The maximum absolute atomic E-state index is 13.4. The molecule has 3 aromatic rings. The minimum Gasteiger partial charge on any atom is -0.428 e. The van der Waals surface area contributed by atoms with Crippen molar-refractivity contribution in [3.05, 3.63) is 70.6 Å². The number of benzene rings is 2. The van der Waals surface area contributed by atoms with Gasteiger partial charge in [-0.15, -0.1) is 0 Å². The van der Waals surface area contributed by atoms with E-state index in [-0.39, 0.29) is 28.2 Å². The monoisotopic (exact) mass is 525 g/mol. The summed E-state index contributed by atoms with van der Waals surface area (Å²) in [5.74, 6) is -2.02. The number of halogens is 9. The van der Waals surface area contributed by atoms with E-state index in [0.717, 1.165) is 24.4 Å². The molecule has 0 spiro atoms. The summed E-state index contributed by atoms with van der Waals surface area (Å²) in [5, 5.41) is 6.37. The van der Waals surface area contributed by atoms with Gasteiger partial charge in [-0.2, -0.15) is 45.8 Å². The van der Waals surface area contributed by atoms with Crippen molar-refractivity contribution < 1.29 is 39.9 Å². The van der Waals surface area contributed by atoms with Crippen molar-refractivity contribution >= 4 is 35.3 Å². The smallest absolute Gasteiger partial charge is 0.428 e. The van der Waals surface area contributed by atoms with Crippen LogP contribution in [0.15, 0.2) is 53.6 Å². The first kappa shape index (κ1) is 25.9. The molecular weight excluding hydrogens is 514 g/mol. The van der Waals surface area contributed by atoms with Crippen molar-refractivity contribution in [3.63, 3.8) is 0 Å². The molecule has 35 heavy (non-hydrogen) atoms. The molecule has 0 amide bonds. The third kappa shape index (κ3) is 7.15. The van der Waals surface area contributed by atoms with Crippen molar-refractivity contribution in [2.45, 2.75) is 18.7 Å². The third-order valence-corrected chi connectivity index (χ3v) is 4.20. The summed E-state index contributed by atoms with van der Waals surface area (Å²) in [6.45, 7) is 0. The molecule has 0 aliphatic heterocycles. The van der Waals surface area contributed by atoms with Gasteiger partial charge in [0.2, 0.25) is 5.95 Å². The summed E-state index contributed by atoms with van der Waals surface area (Å²) in [4.78, 5) is 7.84. The lowest BCUT2D eigenvalue weighted by Crippen LogP contribution is -2.33. The van der Waals surface area contributed by atoms with Gasteiger partial charge in [-0.25, -0.2) is 9.82 Å². The van der Waals surface area contributed by atoms with Crippen molar-refractivity contribution in [3.8, 4) is 5.75 Å². The van der Waals surface area contributed by atoms with Gasteiger partial charge < -0.3 is 10.1 Å². The summed E-state index contributed by atoms with van der Waals surface area (Å²) in [7, 11) is 0. The van der Waals surface area contributed by atoms with E-state index in [2.05, 4.69) is 30.5 Å². The van der Waals surface area contributed by atoms with E-state index in [1.54, 1.807) is 0 Å². The second-order valence-corrected chi connectivity index (χ2v) is 7.01. The standard InChI is InChI=1S/C20H12ClF8N5O/c21-15-8-16(31-11-2-4-12(5-3-11)35-20(28,29)17(23)24)33-18(32-15)34-30-9-10-1-6-14(22)13(7-10)19(25,26)27/h1-9,17H,(H2,31,32,33,34)/b30-9+. The number of aromatic nitrogens is 2. The van der Waals surface area contributed by atoms with Gasteiger partial charge in [0.1, 0.15) is 22.5 Å². The fraction of sp³-hybridized carbons (Fsp3) is 0.150. The molecule has 0 fully saturated rings. The van der Waals surface area contributed by atoms with Gasteiger partial charge in [-0.05, 0) is 42.0 Å². The number of hydrogen-bond acceptors (Lipinski definition) is 6. The van der Waals surface area contributed by atoms with Gasteiger partial charge in [0.05, 0.1) is 11.8 Å². The molecular formula is C20H12ClF8N5O. The van der Waals surface area contributed by atoms with E-state index in [4.69, 9.17) is 11.6 Å². The summed E-state index contributed by atoms with van der Waals surface area (Å²) < 4.78 is 106. The molecule has 6 nitrogen and oxygen atoms in total. The molecule has 0 saturated carbocycles. The Morgan fingerprint density at radius 1 is 0.971 bits per heavy atom. The number of anilines is 3. The number of rotatable bonds is 8. The Labute approximate surface area is 196 Å². The quantitative estimate of drug-likeness (QED) is 0.148. The van der Waals surface area contributed by atoms with E-state index in [0.29, 0.717) is 12.1 Å². The molecule has 0 aliphatic rings. The Balaban J connectivity index is 1.68. The highest BCUT2D eigenvalue weighted by Gasteiger charge is 2.43. The van der Waals surface area contributed by atoms with Gasteiger partial charge in [0.15, 0.2) is 0 Å². The van der Waals surface area contributed by atoms with E-state index >= 15 is 0 Å². The SMILES string of the molecule is Fc1ccc(/C=N/Nc2nc(Cl)cc(Nc3ccc(OC(F)(F)C(F)F)cc3)n2)cc1C(F)(F)F. The number of hydrogen-bond donors (Lipinski definition) is 2. The minimum atomic E-state index is -4.88. The zero-order valence-corrected chi connectivity index (χ0v) is 17.7. The number of nitrogens with one attached hydrogen (secondary N) is 2. The summed E-state index contributed by atoms with van der Waals surface area (Å²) in [6.07, 6.45) is -12.6. The Kier molecular flexibility index (Phi) is 7.63. The van der Waals surface area contributed by atoms with Crippen molar-refractivity contribution in [1.29, 1.82) is 0 Å². The number of ether oxygens (including phenoxy) is 1. The van der Waals surface area contributed by atoms with Crippen LogP contribution in [0.25, 0.3) is 0 Å². The maximum Gasteiger partial charge on any atom is 0.461 e. The molecule has 3 rings (SSSR count). The third-order valence-electron chi connectivity index (χ3n) is 4.00. The largest absolute Gasteiger partial charge is 0.461 e. The fourth-order valence-electron chi connectivity index (χ4n) is 2.49. The molecule has 186 valence electrons. The van der Waals surface area contributed by atoms with Crippen LogP contribution < -0.4 is 15.5 Å². The molecule has 0 radical (unpaired) electrons. The summed E-state index contributed by atoms with van der Waals surface area (Å²) >= 11 is 5.90. The van der Waals surface area contributed by atoms with Crippen LogP contribution in [0.2, 0.25) is 5.15 Å². The molecule has 0 aliphatic carbocycles. The molecule has 2 aromatic carbocycles. The summed E-state index contributed by atoms with van der Waals surface area (Å²) in [6, 6.07) is 8.08. The first-order valence-electron chi connectivity index (χ1n) is 9.26. The van der Waals surface area contributed by atoms with Crippen LogP contribution in [0.4, 0.5) is 52.6 Å². The van der Waals surface area contributed by atoms with Gasteiger partial charge in [0.25, 0.3) is 0 Å². The fourth-order valence-corrected chi connectivity index (χ4v) is 2.68. The van der Waals surface area contributed by atoms with E-state index < -0.39 is 35.8 Å². The highest BCUT2D eigenvalue weighted by Crippen LogP contribution is 2.32. The average Bonchev–Trinajstić information content (AvgIpc) is 2.75. The molecule has 15 heteroatoms. The van der Waals surface area contributed by atoms with Crippen LogP contribution in [0.1, 0.15) is 11.1 Å². The van der Waals surface area contributed by atoms with Gasteiger partial charge in [-0.1, -0.05) is 17.7 Å². The number of nitrogens with zero attached hydrogens (tertiary/aromatic N) is 3. The summed E-state index contributed by atoms with van der Waals surface area (Å²) in [5.41, 5.74) is 1.12. The maximum atomic E-state index is 13.4. The van der Waals surface area contributed by atoms with Crippen molar-refractivity contribution in [2.75, 3.05) is 10.7 Å². The zero-order chi connectivity index (χ0) is 25.8. The molecule has 0 bridgehead atoms. The first-order valence-corrected chi connectivity index (χ1v) is 9.64. The number of hydrazone groups is 1. The van der Waals surface area contributed by atoms with Gasteiger partial charge in [0, 0.05) is 11.8 Å². The molecule has 0 atom stereocenters. The Morgan fingerprint density at radius 3 is 2.29 bits per heavy atom. The topological polar surface area (TPSA) is 71.4 Å². The molecule has 0 saturated heterocycles. The predicted molar refractivity (Wildman–Crippen MR) is 111 cm³/mol. The van der Waals surface area contributed by atoms with E-state index in [1.165, 1.54) is 18.2 Å². The Hall–Kier alpha value is -3.68. The Bertz CT molecular complexity index is 1210. The highest BCUT2D eigenvalue weighted by molar-refractivity contribution is 6.29. The van der Waals surface area contributed by atoms with Crippen LogP contribution in [0.5, 0.6) is 5.75 Å². The molecule has 0 unspecified atom stereocenters. The van der Waals surface area contributed by atoms with Crippen LogP contribution in [0, 0.1) is 5.82 Å². The Morgan fingerprint density at radius 2 is 1.66 bits per heavy atom. The lowest BCUT2D eigenvalue weighted by molar-refractivity contribution is -0.253.